The fraction of sp³-hybridized carbons (Fsp3) is 1.00. The molecule has 1 heterocycles. The van der Waals surface area contributed by atoms with E-state index in [1.807, 2.05) is 0 Å². The smallest absolute Gasteiger partial charge is 0.00218 e. The first-order valence-electron chi connectivity index (χ1n) is 7.49. The lowest BCUT2D eigenvalue weighted by Gasteiger charge is -2.20. The van der Waals surface area contributed by atoms with E-state index in [0.29, 0.717) is 0 Å². The summed E-state index contributed by atoms with van der Waals surface area (Å²) in [6.45, 7) is 7.17. The number of likely N-dealkylation sites (tertiary alicyclic amines) is 1. The van der Waals surface area contributed by atoms with Gasteiger partial charge in [0.1, 0.15) is 0 Å². The molecule has 0 aromatic carbocycles. The second-order valence-electron chi connectivity index (χ2n) is 5.13. The quantitative estimate of drug-likeness (QED) is 0.586. The predicted molar refractivity (Wildman–Crippen MR) is 75.0 cm³/mol. The molecule has 1 nitrogen and oxygen atoms in total. The Balaban J connectivity index is 0.000000288. The summed E-state index contributed by atoms with van der Waals surface area (Å²) in [4.78, 5) is 2.39. The van der Waals surface area contributed by atoms with Crippen molar-refractivity contribution in [3.63, 3.8) is 0 Å². The van der Waals surface area contributed by atoms with E-state index >= 15 is 0 Å². The minimum absolute atomic E-state index is 1.32. The number of rotatable bonds is 6. The van der Waals surface area contributed by atoms with Crippen LogP contribution in [0.1, 0.15) is 78.1 Å². The van der Waals surface area contributed by atoms with Crippen molar-refractivity contribution in [2.75, 3.05) is 20.1 Å². The molecule has 0 bridgehead atoms. The number of piperidine rings is 1. The summed E-state index contributed by atoms with van der Waals surface area (Å²) >= 11 is 0. The lowest BCUT2D eigenvalue weighted by molar-refractivity contribution is 0.277. The van der Waals surface area contributed by atoms with Crippen molar-refractivity contribution in [2.24, 2.45) is 0 Å². The second kappa shape index (κ2) is 13.0. The highest BCUT2D eigenvalue weighted by atomic mass is 15.1. The van der Waals surface area contributed by atoms with Crippen LogP contribution in [-0.4, -0.2) is 25.0 Å². The molecule has 1 fully saturated rings. The second-order valence-corrected chi connectivity index (χ2v) is 5.13. The monoisotopic (exact) mass is 227 g/mol. The molecule has 0 saturated carbocycles. The molecule has 1 saturated heterocycles. The number of nitrogens with zero attached hydrogens (tertiary/aromatic N) is 1. The third-order valence-electron chi connectivity index (χ3n) is 3.29. The molecule has 0 atom stereocenters. The Hall–Kier alpha value is -0.0400. The molecule has 1 aliphatic rings. The van der Waals surface area contributed by atoms with Crippen LogP contribution in [0.25, 0.3) is 0 Å². The molecule has 1 heteroatoms. The van der Waals surface area contributed by atoms with Gasteiger partial charge in [-0.25, -0.2) is 0 Å². The normalized spacial score (nSPS) is 16.7. The Bertz CT molecular complexity index is 111. The molecule has 0 unspecified atom stereocenters. The van der Waals surface area contributed by atoms with E-state index in [1.54, 1.807) is 0 Å². The minimum atomic E-state index is 1.32. The van der Waals surface area contributed by atoms with Crippen molar-refractivity contribution in [3.8, 4) is 0 Å². The van der Waals surface area contributed by atoms with E-state index in [0.717, 1.165) is 0 Å². The molecule has 16 heavy (non-hydrogen) atoms. The lowest BCUT2D eigenvalue weighted by Crippen LogP contribution is -2.24. The molecule has 0 aromatic rings. The predicted octanol–water partition coefficient (Wildman–Crippen LogP) is 4.86. The van der Waals surface area contributed by atoms with Crippen LogP contribution < -0.4 is 0 Å². The molecule has 1 rings (SSSR count). The fourth-order valence-corrected chi connectivity index (χ4v) is 2.08. The molecular weight excluding hydrogens is 194 g/mol. The van der Waals surface area contributed by atoms with Gasteiger partial charge in [-0.3, -0.25) is 0 Å². The molecule has 1 aliphatic heterocycles. The summed E-state index contributed by atoms with van der Waals surface area (Å²) < 4.78 is 0. The summed E-state index contributed by atoms with van der Waals surface area (Å²) in [5.41, 5.74) is 0. The van der Waals surface area contributed by atoms with E-state index in [4.69, 9.17) is 0 Å². The summed E-state index contributed by atoms with van der Waals surface area (Å²) in [6, 6.07) is 0. The van der Waals surface area contributed by atoms with Gasteiger partial charge < -0.3 is 4.90 Å². The molecule has 0 N–H and O–H groups in total. The molecule has 0 aromatic heterocycles. The average molecular weight is 227 g/mol. The third kappa shape index (κ3) is 12.0. The Morgan fingerprint density at radius 3 is 1.44 bits per heavy atom. The van der Waals surface area contributed by atoms with Crippen molar-refractivity contribution in [3.05, 3.63) is 0 Å². The van der Waals surface area contributed by atoms with Gasteiger partial charge in [0.2, 0.25) is 0 Å². The highest BCUT2D eigenvalue weighted by Gasteiger charge is 2.02. The van der Waals surface area contributed by atoms with Crippen LogP contribution in [0, 0.1) is 0 Å². The topological polar surface area (TPSA) is 3.24 Å². The summed E-state index contributed by atoms with van der Waals surface area (Å²) in [5, 5.41) is 0. The van der Waals surface area contributed by atoms with Gasteiger partial charge in [0.15, 0.2) is 0 Å². The zero-order chi connectivity index (χ0) is 12.1. The maximum absolute atomic E-state index is 2.39. The number of unbranched alkanes of at least 4 members (excludes halogenated alkanes) is 6. The van der Waals surface area contributed by atoms with Crippen molar-refractivity contribution in [1.82, 2.24) is 4.90 Å². The van der Waals surface area contributed by atoms with Crippen molar-refractivity contribution in [1.29, 1.82) is 0 Å². The highest BCUT2D eigenvalue weighted by Crippen LogP contribution is 2.06. The van der Waals surface area contributed by atoms with E-state index in [1.165, 1.54) is 77.3 Å². The van der Waals surface area contributed by atoms with Gasteiger partial charge >= 0.3 is 0 Å². The highest BCUT2D eigenvalue weighted by molar-refractivity contribution is 4.58. The van der Waals surface area contributed by atoms with Crippen LogP contribution in [0.4, 0.5) is 0 Å². The largest absolute Gasteiger partial charge is 0.306 e. The Labute approximate surface area is 104 Å². The van der Waals surface area contributed by atoms with Gasteiger partial charge in [-0.05, 0) is 33.0 Å². The fourth-order valence-electron chi connectivity index (χ4n) is 2.08. The molecular formula is C15H33N. The first kappa shape index (κ1) is 16.0. The van der Waals surface area contributed by atoms with E-state index in [-0.39, 0.29) is 0 Å². The number of hydrogen-bond acceptors (Lipinski definition) is 1. The molecule has 0 spiro atoms. The molecule has 0 radical (unpaired) electrons. The minimum Gasteiger partial charge on any atom is -0.306 e. The van der Waals surface area contributed by atoms with Crippen molar-refractivity contribution < 1.29 is 0 Å². The SMILES string of the molecule is CCCCCCCCC.CN1CCCCC1. The third-order valence-corrected chi connectivity index (χ3v) is 3.29. The zero-order valence-corrected chi connectivity index (χ0v) is 11.9. The molecule has 98 valence electrons. The summed E-state index contributed by atoms with van der Waals surface area (Å²) in [6.07, 6.45) is 14.2. The lowest BCUT2D eigenvalue weighted by atomic mass is 10.1. The molecule has 0 amide bonds. The standard InChI is InChI=1S/C9H20.C6H13N/c1-3-5-7-9-8-6-4-2;1-7-5-3-2-4-6-7/h3-9H2,1-2H3;2-6H2,1H3. The van der Waals surface area contributed by atoms with Gasteiger partial charge in [0.05, 0.1) is 0 Å². The van der Waals surface area contributed by atoms with Gasteiger partial charge in [0, 0.05) is 0 Å². The Morgan fingerprint density at radius 2 is 1.12 bits per heavy atom. The summed E-state index contributed by atoms with van der Waals surface area (Å²) in [5.74, 6) is 0. The zero-order valence-electron chi connectivity index (χ0n) is 11.9. The summed E-state index contributed by atoms with van der Waals surface area (Å²) in [7, 11) is 2.19. The van der Waals surface area contributed by atoms with Crippen LogP contribution in [0.5, 0.6) is 0 Å². The van der Waals surface area contributed by atoms with Crippen LogP contribution in [0.15, 0.2) is 0 Å². The maximum Gasteiger partial charge on any atom is -0.00218 e. The Morgan fingerprint density at radius 1 is 0.688 bits per heavy atom. The first-order valence-corrected chi connectivity index (χ1v) is 7.49. The van der Waals surface area contributed by atoms with Crippen molar-refractivity contribution >= 4 is 0 Å². The number of hydrogen-bond donors (Lipinski definition) is 0. The maximum atomic E-state index is 2.39. The first-order chi connectivity index (χ1) is 7.81. The average Bonchev–Trinajstić information content (AvgIpc) is 2.31. The van der Waals surface area contributed by atoms with Gasteiger partial charge in [-0.15, -0.1) is 0 Å². The van der Waals surface area contributed by atoms with E-state index < -0.39 is 0 Å². The van der Waals surface area contributed by atoms with Crippen LogP contribution >= 0.6 is 0 Å². The van der Waals surface area contributed by atoms with E-state index in [2.05, 4.69) is 25.8 Å². The van der Waals surface area contributed by atoms with Crippen LogP contribution in [-0.2, 0) is 0 Å². The molecule has 0 aliphatic carbocycles. The van der Waals surface area contributed by atoms with E-state index in [9.17, 15) is 0 Å². The Kier molecular flexibility index (Phi) is 13.0. The van der Waals surface area contributed by atoms with Gasteiger partial charge in [-0.1, -0.05) is 65.2 Å². The van der Waals surface area contributed by atoms with Crippen molar-refractivity contribution in [2.45, 2.75) is 78.1 Å². The van der Waals surface area contributed by atoms with Crippen LogP contribution in [0.3, 0.4) is 0 Å². The van der Waals surface area contributed by atoms with Gasteiger partial charge in [-0.2, -0.15) is 0 Å². The van der Waals surface area contributed by atoms with Crippen LogP contribution in [0.2, 0.25) is 0 Å². The van der Waals surface area contributed by atoms with Gasteiger partial charge in [0.25, 0.3) is 0 Å².